The SMILES string of the molecule is Cc1ncc(-c2cncc(N)c2)c(C)n1. The highest BCUT2D eigenvalue weighted by Crippen LogP contribution is 2.21. The molecule has 2 rings (SSSR count). The van der Waals surface area contributed by atoms with Gasteiger partial charge in [-0.2, -0.15) is 0 Å². The molecule has 0 aliphatic heterocycles. The van der Waals surface area contributed by atoms with Crippen LogP contribution in [0.25, 0.3) is 11.1 Å². The molecule has 4 nitrogen and oxygen atoms in total. The number of anilines is 1. The molecule has 0 saturated carbocycles. The Bertz CT molecular complexity index is 494. The minimum Gasteiger partial charge on any atom is -0.397 e. The molecule has 2 N–H and O–H groups in total. The van der Waals surface area contributed by atoms with Crippen LogP contribution in [0.15, 0.2) is 24.7 Å². The molecule has 0 atom stereocenters. The van der Waals surface area contributed by atoms with Gasteiger partial charge in [0.25, 0.3) is 0 Å². The lowest BCUT2D eigenvalue weighted by Crippen LogP contribution is -1.95. The van der Waals surface area contributed by atoms with Crippen molar-refractivity contribution in [2.24, 2.45) is 0 Å². The highest BCUT2D eigenvalue weighted by atomic mass is 14.9. The van der Waals surface area contributed by atoms with Gasteiger partial charge < -0.3 is 5.73 Å². The third kappa shape index (κ3) is 1.93. The Hall–Kier alpha value is -1.97. The topological polar surface area (TPSA) is 64.7 Å². The lowest BCUT2D eigenvalue weighted by atomic mass is 10.1. The van der Waals surface area contributed by atoms with Gasteiger partial charge in [0.2, 0.25) is 0 Å². The van der Waals surface area contributed by atoms with Crippen molar-refractivity contribution >= 4 is 5.69 Å². The van der Waals surface area contributed by atoms with Crippen molar-refractivity contribution in [3.8, 4) is 11.1 Å². The van der Waals surface area contributed by atoms with Crippen LogP contribution in [0.3, 0.4) is 0 Å². The van der Waals surface area contributed by atoms with E-state index in [1.807, 2.05) is 19.9 Å². The van der Waals surface area contributed by atoms with Crippen molar-refractivity contribution in [1.29, 1.82) is 0 Å². The molecular weight excluding hydrogens is 188 g/mol. The summed E-state index contributed by atoms with van der Waals surface area (Å²) in [6.07, 6.45) is 5.18. The average Bonchev–Trinajstić information content (AvgIpc) is 2.17. The van der Waals surface area contributed by atoms with E-state index in [2.05, 4.69) is 15.0 Å². The van der Waals surface area contributed by atoms with Gasteiger partial charge in [-0.1, -0.05) is 0 Å². The van der Waals surface area contributed by atoms with Crippen LogP contribution in [0.5, 0.6) is 0 Å². The van der Waals surface area contributed by atoms with E-state index in [1.54, 1.807) is 18.6 Å². The molecule has 4 heteroatoms. The van der Waals surface area contributed by atoms with Crippen LogP contribution in [0.2, 0.25) is 0 Å². The van der Waals surface area contributed by atoms with Crippen LogP contribution in [0.4, 0.5) is 5.69 Å². The standard InChI is InChI=1S/C11H12N4/c1-7-11(6-14-8(2)15-7)9-3-10(12)5-13-4-9/h3-6H,12H2,1-2H3. The summed E-state index contributed by atoms with van der Waals surface area (Å²) in [6.45, 7) is 3.82. The minimum absolute atomic E-state index is 0.646. The molecule has 0 aromatic carbocycles. The molecule has 76 valence electrons. The summed E-state index contributed by atoms with van der Waals surface area (Å²) in [4.78, 5) is 12.5. The summed E-state index contributed by atoms with van der Waals surface area (Å²) in [5.41, 5.74) is 9.18. The normalized spacial score (nSPS) is 10.3. The van der Waals surface area contributed by atoms with Gasteiger partial charge in [0.15, 0.2) is 0 Å². The number of pyridine rings is 1. The molecule has 0 spiro atoms. The van der Waals surface area contributed by atoms with Gasteiger partial charge in [0.05, 0.1) is 5.69 Å². The number of nitrogen functional groups attached to an aromatic ring is 1. The summed E-state index contributed by atoms with van der Waals surface area (Å²) in [7, 11) is 0. The Morgan fingerprint density at radius 2 is 1.93 bits per heavy atom. The number of rotatable bonds is 1. The van der Waals surface area contributed by atoms with Crippen LogP contribution in [0.1, 0.15) is 11.5 Å². The van der Waals surface area contributed by atoms with E-state index in [9.17, 15) is 0 Å². The first-order valence-corrected chi connectivity index (χ1v) is 4.68. The second kappa shape index (κ2) is 3.65. The first-order valence-electron chi connectivity index (χ1n) is 4.68. The zero-order valence-corrected chi connectivity index (χ0v) is 8.73. The number of hydrogen-bond donors (Lipinski definition) is 1. The number of aryl methyl sites for hydroxylation is 2. The molecule has 0 amide bonds. The highest BCUT2D eigenvalue weighted by molar-refractivity contribution is 5.66. The maximum Gasteiger partial charge on any atom is 0.125 e. The van der Waals surface area contributed by atoms with E-state index in [0.29, 0.717) is 5.69 Å². The van der Waals surface area contributed by atoms with Gasteiger partial charge >= 0.3 is 0 Å². The minimum atomic E-state index is 0.646. The van der Waals surface area contributed by atoms with Crippen LogP contribution in [0, 0.1) is 13.8 Å². The molecule has 0 fully saturated rings. The molecule has 0 unspecified atom stereocenters. The first-order chi connectivity index (χ1) is 7.16. The Kier molecular flexibility index (Phi) is 2.33. The van der Waals surface area contributed by atoms with Crippen LogP contribution in [-0.2, 0) is 0 Å². The van der Waals surface area contributed by atoms with Crippen molar-refractivity contribution in [3.05, 3.63) is 36.2 Å². The van der Waals surface area contributed by atoms with Crippen molar-refractivity contribution in [3.63, 3.8) is 0 Å². The summed E-state index contributed by atoms with van der Waals surface area (Å²) in [5, 5.41) is 0. The summed E-state index contributed by atoms with van der Waals surface area (Å²) < 4.78 is 0. The van der Waals surface area contributed by atoms with Gasteiger partial charge in [-0.05, 0) is 19.9 Å². The van der Waals surface area contributed by atoms with E-state index < -0.39 is 0 Å². The van der Waals surface area contributed by atoms with Crippen molar-refractivity contribution in [2.45, 2.75) is 13.8 Å². The molecule has 0 bridgehead atoms. The van der Waals surface area contributed by atoms with Crippen LogP contribution >= 0.6 is 0 Å². The summed E-state index contributed by atoms with van der Waals surface area (Å²) >= 11 is 0. The third-order valence-electron chi connectivity index (χ3n) is 2.17. The zero-order chi connectivity index (χ0) is 10.8. The van der Waals surface area contributed by atoms with Gasteiger partial charge in [0, 0.05) is 35.4 Å². The maximum atomic E-state index is 5.67. The van der Waals surface area contributed by atoms with E-state index in [-0.39, 0.29) is 0 Å². The fraction of sp³-hybridized carbons (Fsp3) is 0.182. The fourth-order valence-corrected chi connectivity index (χ4v) is 1.47. The monoisotopic (exact) mass is 200 g/mol. The Labute approximate surface area is 88.2 Å². The smallest absolute Gasteiger partial charge is 0.125 e. The van der Waals surface area contributed by atoms with E-state index >= 15 is 0 Å². The molecule has 0 radical (unpaired) electrons. The molecule has 2 aromatic rings. The summed E-state index contributed by atoms with van der Waals surface area (Å²) in [5.74, 6) is 0.771. The number of nitrogens with zero attached hydrogens (tertiary/aromatic N) is 3. The zero-order valence-electron chi connectivity index (χ0n) is 8.73. The molecule has 0 saturated heterocycles. The predicted octanol–water partition coefficient (Wildman–Crippen LogP) is 1.74. The van der Waals surface area contributed by atoms with Crippen LogP contribution < -0.4 is 5.73 Å². The van der Waals surface area contributed by atoms with Gasteiger partial charge in [-0.25, -0.2) is 9.97 Å². The Balaban J connectivity index is 2.54. The van der Waals surface area contributed by atoms with E-state index in [0.717, 1.165) is 22.6 Å². The Morgan fingerprint density at radius 1 is 1.13 bits per heavy atom. The van der Waals surface area contributed by atoms with E-state index in [1.165, 1.54) is 0 Å². The average molecular weight is 200 g/mol. The van der Waals surface area contributed by atoms with Gasteiger partial charge in [-0.15, -0.1) is 0 Å². The number of hydrogen-bond acceptors (Lipinski definition) is 4. The second-order valence-corrected chi connectivity index (χ2v) is 3.42. The number of nitrogens with two attached hydrogens (primary N) is 1. The van der Waals surface area contributed by atoms with Crippen LogP contribution in [-0.4, -0.2) is 15.0 Å². The van der Waals surface area contributed by atoms with Gasteiger partial charge in [-0.3, -0.25) is 4.98 Å². The van der Waals surface area contributed by atoms with Crippen molar-refractivity contribution in [2.75, 3.05) is 5.73 Å². The lowest BCUT2D eigenvalue weighted by Gasteiger charge is -2.05. The molecule has 2 heterocycles. The molecule has 2 aromatic heterocycles. The summed E-state index contributed by atoms with van der Waals surface area (Å²) in [6, 6.07) is 1.87. The highest BCUT2D eigenvalue weighted by Gasteiger charge is 2.04. The fourth-order valence-electron chi connectivity index (χ4n) is 1.47. The third-order valence-corrected chi connectivity index (χ3v) is 2.17. The number of aromatic nitrogens is 3. The maximum absolute atomic E-state index is 5.67. The van der Waals surface area contributed by atoms with E-state index in [4.69, 9.17) is 5.73 Å². The predicted molar refractivity (Wildman–Crippen MR) is 59.1 cm³/mol. The largest absolute Gasteiger partial charge is 0.397 e. The van der Waals surface area contributed by atoms with Crippen molar-refractivity contribution < 1.29 is 0 Å². The second-order valence-electron chi connectivity index (χ2n) is 3.42. The van der Waals surface area contributed by atoms with Gasteiger partial charge in [0.1, 0.15) is 5.82 Å². The quantitative estimate of drug-likeness (QED) is 0.761. The van der Waals surface area contributed by atoms with Crippen molar-refractivity contribution in [1.82, 2.24) is 15.0 Å². The Morgan fingerprint density at radius 3 is 2.60 bits per heavy atom. The lowest BCUT2D eigenvalue weighted by molar-refractivity contribution is 1.01. The first kappa shape index (κ1) is 9.58. The molecule has 15 heavy (non-hydrogen) atoms. The molecule has 0 aliphatic rings. The molecule has 0 aliphatic carbocycles. The molecular formula is C11H12N4.